The lowest BCUT2D eigenvalue weighted by atomic mass is 10.1. The van der Waals surface area contributed by atoms with Crippen molar-refractivity contribution in [2.45, 2.75) is 25.9 Å². The number of fused-ring (bicyclic) bond motifs is 1. The lowest BCUT2D eigenvalue weighted by Gasteiger charge is -2.30. The molecule has 106 valence electrons. The minimum Gasteiger partial charge on any atom is -0.467 e. The maximum absolute atomic E-state index is 13.6. The van der Waals surface area contributed by atoms with Crippen LogP contribution in [0.5, 0.6) is 5.19 Å². The number of piperidine rings is 1. The number of hydrogen-bond donors (Lipinski definition) is 0. The highest BCUT2D eigenvalue weighted by atomic mass is 32.1. The second kappa shape index (κ2) is 5.36. The molecule has 0 saturated carbocycles. The summed E-state index contributed by atoms with van der Waals surface area (Å²) in [6.07, 6.45) is 1.63. The third-order valence-corrected chi connectivity index (χ3v) is 4.42. The van der Waals surface area contributed by atoms with Crippen molar-refractivity contribution in [3.05, 3.63) is 24.0 Å². The second-order valence-corrected chi connectivity index (χ2v) is 5.88. The van der Waals surface area contributed by atoms with Gasteiger partial charge in [-0.3, -0.25) is 4.79 Å². The summed E-state index contributed by atoms with van der Waals surface area (Å²) in [5.41, 5.74) is 0.369. The Morgan fingerprint density at radius 3 is 2.85 bits per heavy atom. The summed E-state index contributed by atoms with van der Waals surface area (Å²) < 4.78 is 20.2. The summed E-state index contributed by atoms with van der Waals surface area (Å²) in [5.74, 6) is -0.217. The van der Waals surface area contributed by atoms with Crippen LogP contribution in [0.25, 0.3) is 10.2 Å². The van der Waals surface area contributed by atoms with Crippen molar-refractivity contribution in [3.8, 4) is 5.19 Å². The van der Waals surface area contributed by atoms with Crippen LogP contribution in [0.3, 0.4) is 0 Å². The number of aromatic nitrogens is 1. The molecule has 0 spiro atoms. The minimum atomic E-state index is -0.319. The van der Waals surface area contributed by atoms with E-state index in [-0.39, 0.29) is 17.8 Å². The molecular weight excluding hydrogens is 279 g/mol. The molecule has 0 atom stereocenters. The molecule has 0 N–H and O–H groups in total. The van der Waals surface area contributed by atoms with E-state index in [1.54, 1.807) is 13.0 Å². The number of para-hydroxylation sites is 1. The van der Waals surface area contributed by atoms with E-state index in [2.05, 4.69) is 4.98 Å². The molecule has 1 aromatic carbocycles. The Morgan fingerprint density at radius 2 is 2.20 bits per heavy atom. The first-order valence-corrected chi connectivity index (χ1v) is 7.42. The maximum Gasteiger partial charge on any atom is 0.274 e. The first kappa shape index (κ1) is 13.3. The first-order valence-electron chi connectivity index (χ1n) is 6.60. The second-order valence-electron chi connectivity index (χ2n) is 4.89. The van der Waals surface area contributed by atoms with E-state index in [1.165, 1.54) is 17.4 Å². The zero-order chi connectivity index (χ0) is 14.1. The number of benzene rings is 1. The molecule has 0 bridgehead atoms. The molecule has 4 nitrogen and oxygen atoms in total. The van der Waals surface area contributed by atoms with Crippen molar-refractivity contribution in [2.24, 2.45) is 0 Å². The SMILES string of the molecule is CC(=O)N1CCC(Oc2nc3c(F)cccc3s2)CC1. The fourth-order valence-electron chi connectivity index (χ4n) is 2.38. The van der Waals surface area contributed by atoms with Crippen LogP contribution in [0, 0.1) is 5.82 Å². The molecule has 2 aromatic rings. The highest BCUT2D eigenvalue weighted by Gasteiger charge is 2.23. The van der Waals surface area contributed by atoms with Crippen molar-refractivity contribution in [2.75, 3.05) is 13.1 Å². The van der Waals surface area contributed by atoms with Crippen molar-refractivity contribution in [1.29, 1.82) is 0 Å². The van der Waals surface area contributed by atoms with Crippen LogP contribution in [0.2, 0.25) is 0 Å². The summed E-state index contributed by atoms with van der Waals surface area (Å²) in [4.78, 5) is 17.3. The molecule has 0 aliphatic carbocycles. The third kappa shape index (κ3) is 2.60. The average Bonchev–Trinajstić information content (AvgIpc) is 2.83. The first-order chi connectivity index (χ1) is 9.63. The Labute approximate surface area is 120 Å². The van der Waals surface area contributed by atoms with Gasteiger partial charge in [-0.15, -0.1) is 0 Å². The van der Waals surface area contributed by atoms with Gasteiger partial charge in [0.05, 0.1) is 4.70 Å². The largest absolute Gasteiger partial charge is 0.467 e. The molecule has 3 rings (SSSR count). The predicted molar refractivity (Wildman–Crippen MR) is 75.5 cm³/mol. The Balaban J connectivity index is 1.68. The van der Waals surface area contributed by atoms with Gasteiger partial charge < -0.3 is 9.64 Å². The maximum atomic E-state index is 13.6. The topological polar surface area (TPSA) is 42.4 Å². The molecule has 20 heavy (non-hydrogen) atoms. The van der Waals surface area contributed by atoms with Crippen LogP contribution in [-0.2, 0) is 4.79 Å². The summed E-state index contributed by atoms with van der Waals surface area (Å²) in [6.45, 7) is 3.00. The zero-order valence-corrected chi connectivity index (χ0v) is 12.0. The minimum absolute atomic E-state index is 0.0502. The van der Waals surface area contributed by atoms with Gasteiger partial charge in [-0.25, -0.2) is 4.39 Å². The number of carbonyl (C=O) groups excluding carboxylic acids is 1. The number of likely N-dealkylation sites (tertiary alicyclic amines) is 1. The van der Waals surface area contributed by atoms with E-state index in [4.69, 9.17) is 4.74 Å². The number of carbonyl (C=O) groups is 1. The van der Waals surface area contributed by atoms with Gasteiger partial charge >= 0.3 is 0 Å². The van der Waals surface area contributed by atoms with Crippen molar-refractivity contribution >= 4 is 27.5 Å². The van der Waals surface area contributed by atoms with Crippen LogP contribution in [0.15, 0.2) is 18.2 Å². The normalized spacial score (nSPS) is 16.6. The van der Waals surface area contributed by atoms with Gasteiger partial charge in [-0.1, -0.05) is 17.4 Å². The van der Waals surface area contributed by atoms with Gasteiger partial charge in [0, 0.05) is 32.9 Å². The van der Waals surface area contributed by atoms with E-state index < -0.39 is 0 Å². The molecule has 1 aliphatic rings. The standard InChI is InChI=1S/C14H15FN2O2S/c1-9(18)17-7-5-10(6-8-17)19-14-16-13-11(15)3-2-4-12(13)20-14/h2-4,10H,5-8H2,1H3. The molecule has 1 amide bonds. The van der Waals surface area contributed by atoms with E-state index in [9.17, 15) is 9.18 Å². The lowest BCUT2D eigenvalue weighted by Crippen LogP contribution is -2.40. The van der Waals surface area contributed by atoms with Gasteiger partial charge in [-0.2, -0.15) is 4.98 Å². The fourth-order valence-corrected chi connectivity index (χ4v) is 3.27. The van der Waals surface area contributed by atoms with Crippen LogP contribution in [0.1, 0.15) is 19.8 Å². The van der Waals surface area contributed by atoms with Gasteiger partial charge in [0.15, 0.2) is 0 Å². The van der Waals surface area contributed by atoms with E-state index in [0.29, 0.717) is 23.8 Å². The zero-order valence-electron chi connectivity index (χ0n) is 11.1. The van der Waals surface area contributed by atoms with Gasteiger partial charge in [0.1, 0.15) is 17.4 Å². The van der Waals surface area contributed by atoms with Crippen molar-refractivity contribution in [1.82, 2.24) is 9.88 Å². The number of rotatable bonds is 2. The van der Waals surface area contributed by atoms with Crippen LogP contribution in [-0.4, -0.2) is 35.0 Å². The predicted octanol–water partition coefficient (Wildman–Crippen LogP) is 2.83. The van der Waals surface area contributed by atoms with Crippen LogP contribution >= 0.6 is 11.3 Å². The van der Waals surface area contributed by atoms with Crippen molar-refractivity contribution < 1.29 is 13.9 Å². The van der Waals surface area contributed by atoms with E-state index in [1.807, 2.05) is 11.0 Å². The summed E-state index contributed by atoms with van der Waals surface area (Å²) in [6, 6.07) is 4.91. The number of halogens is 1. The Hall–Kier alpha value is -1.69. The summed E-state index contributed by atoms with van der Waals surface area (Å²) >= 11 is 1.36. The molecule has 2 heterocycles. The molecule has 6 heteroatoms. The Kier molecular flexibility index (Phi) is 3.56. The average molecular weight is 294 g/mol. The van der Waals surface area contributed by atoms with Gasteiger partial charge in [0.25, 0.3) is 5.19 Å². The van der Waals surface area contributed by atoms with Gasteiger partial charge in [0.2, 0.25) is 5.91 Å². The molecule has 0 unspecified atom stereocenters. The number of thiazole rings is 1. The van der Waals surface area contributed by atoms with E-state index in [0.717, 1.165) is 17.5 Å². The Bertz CT molecular complexity index is 635. The number of hydrogen-bond acceptors (Lipinski definition) is 4. The van der Waals surface area contributed by atoms with Crippen molar-refractivity contribution in [3.63, 3.8) is 0 Å². The smallest absolute Gasteiger partial charge is 0.274 e. The highest BCUT2D eigenvalue weighted by molar-refractivity contribution is 7.20. The third-order valence-electron chi connectivity index (χ3n) is 3.50. The number of amides is 1. The van der Waals surface area contributed by atoms with Crippen LogP contribution in [0.4, 0.5) is 4.39 Å². The number of nitrogens with zero attached hydrogens (tertiary/aromatic N) is 2. The molecule has 1 aromatic heterocycles. The molecule has 1 saturated heterocycles. The van der Waals surface area contributed by atoms with Gasteiger partial charge in [-0.05, 0) is 12.1 Å². The molecule has 0 radical (unpaired) electrons. The monoisotopic (exact) mass is 294 g/mol. The quantitative estimate of drug-likeness (QED) is 0.855. The summed E-state index contributed by atoms with van der Waals surface area (Å²) in [5, 5.41) is 0.506. The fraction of sp³-hybridized carbons (Fsp3) is 0.429. The number of ether oxygens (including phenoxy) is 1. The molecular formula is C14H15FN2O2S. The van der Waals surface area contributed by atoms with E-state index >= 15 is 0 Å². The molecule has 1 fully saturated rings. The Morgan fingerprint density at radius 1 is 1.45 bits per heavy atom. The molecule has 1 aliphatic heterocycles. The summed E-state index contributed by atoms with van der Waals surface area (Å²) in [7, 11) is 0. The highest BCUT2D eigenvalue weighted by Crippen LogP contribution is 2.31. The lowest BCUT2D eigenvalue weighted by molar-refractivity contribution is -0.130. The van der Waals surface area contributed by atoms with Crippen LogP contribution < -0.4 is 4.74 Å².